The van der Waals surface area contributed by atoms with E-state index in [1.165, 1.54) is 32.1 Å². The third-order valence-electron chi connectivity index (χ3n) is 3.78. The summed E-state index contributed by atoms with van der Waals surface area (Å²) in [6.07, 6.45) is 9.49. The van der Waals surface area contributed by atoms with Crippen molar-refractivity contribution < 1.29 is 14.7 Å². The summed E-state index contributed by atoms with van der Waals surface area (Å²) < 4.78 is 0. The third kappa shape index (κ3) is 5.52. The zero-order valence-electron chi connectivity index (χ0n) is 11.3. The van der Waals surface area contributed by atoms with Crippen molar-refractivity contribution >= 4 is 11.9 Å². The van der Waals surface area contributed by atoms with Gasteiger partial charge in [-0.2, -0.15) is 0 Å². The number of aliphatic carboxylic acids is 1. The van der Waals surface area contributed by atoms with Crippen LogP contribution < -0.4 is 5.32 Å². The number of carboxylic acids is 1. The van der Waals surface area contributed by atoms with Gasteiger partial charge in [-0.25, -0.2) is 4.79 Å². The van der Waals surface area contributed by atoms with Crippen molar-refractivity contribution in [3.8, 4) is 0 Å². The summed E-state index contributed by atoms with van der Waals surface area (Å²) >= 11 is 0. The third-order valence-corrected chi connectivity index (χ3v) is 3.78. The van der Waals surface area contributed by atoms with E-state index >= 15 is 0 Å². The molecule has 0 radical (unpaired) electrons. The Morgan fingerprint density at radius 3 is 2.50 bits per heavy atom. The van der Waals surface area contributed by atoms with Crippen molar-refractivity contribution in [3.05, 3.63) is 0 Å². The van der Waals surface area contributed by atoms with E-state index in [1.54, 1.807) is 6.92 Å². The van der Waals surface area contributed by atoms with Gasteiger partial charge in [0.1, 0.15) is 6.04 Å². The second kappa shape index (κ2) is 8.11. The van der Waals surface area contributed by atoms with E-state index in [2.05, 4.69) is 5.32 Å². The van der Waals surface area contributed by atoms with Gasteiger partial charge in [-0.15, -0.1) is 0 Å². The summed E-state index contributed by atoms with van der Waals surface area (Å²) in [5, 5.41) is 11.4. The van der Waals surface area contributed by atoms with Crippen LogP contribution >= 0.6 is 0 Å². The Hall–Kier alpha value is -1.06. The van der Waals surface area contributed by atoms with Crippen molar-refractivity contribution in [1.29, 1.82) is 0 Å². The predicted octanol–water partition coefficient (Wildman–Crippen LogP) is 2.72. The molecule has 1 atom stereocenters. The first-order chi connectivity index (χ1) is 8.63. The van der Waals surface area contributed by atoms with E-state index in [1.807, 2.05) is 0 Å². The molecule has 0 aromatic rings. The lowest BCUT2D eigenvalue weighted by Crippen LogP contribution is -2.40. The van der Waals surface area contributed by atoms with Gasteiger partial charge in [0.05, 0.1) is 0 Å². The number of amides is 1. The molecule has 1 aliphatic carbocycles. The molecule has 1 saturated carbocycles. The molecule has 1 amide bonds. The average molecular weight is 255 g/mol. The molecule has 0 heterocycles. The minimum Gasteiger partial charge on any atom is -0.480 e. The fourth-order valence-electron chi connectivity index (χ4n) is 2.63. The summed E-state index contributed by atoms with van der Waals surface area (Å²) in [6.45, 7) is 1.76. The van der Waals surface area contributed by atoms with Gasteiger partial charge in [0, 0.05) is 6.42 Å². The molecule has 1 aliphatic rings. The highest BCUT2D eigenvalue weighted by atomic mass is 16.4. The van der Waals surface area contributed by atoms with Gasteiger partial charge in [0.2, 0.25) is 5.91 Å². The lowest BCUT2D eigenvalue weighted by atomic mass is 9.86. The van der Waals surface area contributed by atoms with Crippen molar-refractivity contribution in [2.45, 2.75) is 70.8 Å². The number of nitrogens with one attached hydrogen (secondary N) is 1. The Kier molecular flexibility index (Phi) is 6.76. The summed E-state index contributed by atoms with van der Waals surface area (Å²) in [6, 6.07) is -0.729. The van der Waals surface area contributed by atoms with Crippen molar-refractivity contribution in [3.63, 3.8) is 0 Å². The number of rotatable bonds is 7. The largest absolute Gasteiger partial charge is 0.480 e. The normalized spacial score (nSPS) is 18.3. The maximum atomic E-state index is 11.6. The van der Waals surface area contributed by atoms with Crippen LogP contribution in [0.15, 0.2) is 0 Å². The molecule has 18 heavy (non-hydrogen) atoms. The fraction of sp³-hybridized carbons (Fsp3) is 0.857. The highest BCUT2D eigenvalue weighted by Crippen LogP contribution is 2.27. The van der Waals surface area contributed by atoms with E-state index in [0.29, 0.717) is 12.8 Å². The topological polar surface area (TPSA) is 66.4 Å². The molecule has 0 aromatic heterocycles. The van der Waals surface area contributed by atoms with Gasteiger partial charge in [0.15, 0.2) is 0 Å². The van der Waals surface area contributed by atoms with Gasteiger partial charge in [-0.3, -0.25) is 4.79 Å². The number of carboxylic acid groups (broad SMARTS) is 1. The molecule has 1 rings (SSSR count). The highest BCUT2D eigenvalue weighted by Gasteiger charge is 2.18. The van der Waals surface area contributed by atoms with E-state index < -0.39 is 12.0 Å². The van der Waals surface area contributed by atoms with Crippen molar-refractivity contribution in [2.75, 3.05) is 0 Å². The molecular weight excluding hydrogens is 230 g/mol. The molecule has 0 bridgehead atoms. The summed E-state index contributed by atoms with van der Waals surface area (Å²) in [5.41, 5.74) is 0. The van der Waals surface area contributed by atoms with Crippen LogP contribution in [0, 0.1) is 5.92 Å². The van der Waals surface area contributed by atoms with Crippen LogP contribution in [-0.2, 0) is 9.59 Å². The van der Waals surface area contributed by atoms with Gasteiger partial charge < -0.3 is 10.4 Å². The molecule has 2 N–H and O–H groups in total. The Labute approximate surface area is 109 Å². The first-order valence-electron chi connectivity index (χ1n) is 7.15. The molecule has 0 unspecified atom stereocenters. The van der Waals surface area contributed by atoms with Crippen molar-refractivity contribution in [1.82, 2.24) is 5.32 Å². The second-order valence-corrected chi connectivity index (χ2v) is 5.26. The molecule has 4 heteroatoms. The first-order valence-corrected chi connectivity index (χ1v) is 7.15. The predicted molar refractivity (Wildman–Crippen MR) is 70.3 cm³/mol. The Morgan fingerprint density at radius 1 is 1.28 bits per heavy atom. The second-order valence-electron chi connectivity index (χ2n) is 5.26. The Balaban J connectivity index is 2.14. The van der Waals surface area contributed by atoms with Gasteiger partial charge in [0.25, 0.3) is 0 Å². The zero-order valence-corrected chi connectivity index (χ0v) is 11.3. The Bertz CT molecular complexity index is 272. The Morgan fingerprint density at radius 2 is 1.94 bits per heavy atom. The summed E-state index contributed by atoms with van der Waals surface area (Å²) in [5.74, 6) is -0.286. The maximum absolute atomic E-state index is 11.6. The monoisotopic (exact) mass is 255 g/mol. The SMILES string of the molecule is CC[C@H](NC(=O)CCCC1CCCCC1)C(=O)O. The van der Waals surface area contributed by atoms with E-state index in [-0.39, 0.29) is 5.91 Å². The van der Waals surface area contributed by atoms with Crippen LogP contribution in [0.25, 0.3) is 0 Å². The molecule has 0 spiro atoms. The van der Waals surface area contributed by atoms with Gasteiger partial charge in [-0.1, -0.05) is 39.0 Å². The molecule has 0 aromatic carbocycles. The number of hydrogen-bond donors (Lipinski definition) is 2. The quantitative estimate of drug-likeness (QED) is 0.735. The molecule has 0 saturated heterocycles. The molecular formula is C14H25NO3. The average Bonchev–Trinajstić information content (AvgIpc) is 2.37. The molecule has 1 fully saturated rings. The smallest absolute Gasteiger partial charge is 0.326 e. The van der Waals surface area contributed by atoms with Crippen LogP contribution in [0.1, 0.15) is 64.7 Å². The highest BCUT2D eigenvalue weighted by molar-refractivity contribution is 5.83. The van der Waals surface area contributed by atoms with E-state index in [9.17, 15) is 9.59 Å². The molecule has 0 aliphatic heterocycles. The maximum Gasteiger partial charge on any atom is 0.326 e. The standard InChI is InChI=1S/C14H25NO3/c1-2-12(14(17)18)15-13(16)10-6-9-11-7-4-3-5-8-11/h11-12H,2-10H2,1H3,(H,15,16)(H,17,18)/t12-/m0/s1. The zero-order chi connectivity index (χ0) is 13.4. The van der Waals surface area contributed by atoms with Crippen LogP contribution in [0.3, 0.4) is 0 Å². The number of hydrogen-bond acceptors (Lipinski definition) is 2. The van der Waals surface area contributed by atoms with Crippen LogP contribution in [0.4, 0.5) is 0 Å². The fourth-order valence-corrected chi connectivity index (χ4v) is 2.63. The van der Waals surface area contributed by atoms with Crippen LogP contribution in [-0.4, -0.2) is 23.0 Å². The summed E-state index contributed by atoms with van der Waals surface area (Å²) in [4.78, 5) is 22.4. The number of carbonyl (C=O) groups is 2. The number of carbonyl (C=O) groups excluding carboxylic acids is 1. The molecule has 4 nitrogen and oxygen atoms in total. The van der Waals surface area contributed by atoms with Crippen LogP contribution in [0.2, 0.25) is 0 Å². The lowest BCUT2D eigenvalue weighted by molar-refractivity contribution is -0.141. The minimum atomic E-state index is -0.946. The van der Waals surface area contributed by atoms with E-state index in [0.717, 1.165) is 18.8 Å². The van der Waals surface area contributed by atoms with Gasteiger partial charge >= 0.3 is 5.97 Å². The van der Waals surface area contributed by atoms with Crippen molar-refractivity contribution in [2.24, 2.45) is 5.92 Å². The molecule has 104 valence electrons. The lowest BCUT2D eigenvalue weighted by Gasteiger charge is -2.21. The van der Waals surface area contributed by atoms with Crippen LogP contribution in [0.5, 0.6) is 0 Å². The van der Waals surface area contributed by atoms with E-state index in [4.69, 9.17) is 5.11 Å². The van der Waals surface area contributed by atoms with Gasteiger partial charge in [-0.05, 0) is 25.2 Å². The minimum absolute atomic E-state index is 0.125. The first kappa shape index (κ1) is 15.0. The summed E-state index contributed by atoms with van der Waals surface area (Å²) in [7, 11) is 0.